The van der Waals surface area contributed by atoms with E-state index < -0.39 is 0 Å². The molecule has 1 aromatic heterocycles. The van der Waals surface area contributed by atoms with Crippen LogP contribution < -0.4 is 10.6 Å². The molecular formula is C14H23N3. The van der Waals surface area contributed by atoms with Gasteiger partial charge in [-0.2, -0.15) is 0 Å². The second kappa shape index (κ2) is 5.50. The summed E-state index contributed by atoms with van der Waals surface area (Å²) >= 11 is 0. The third kappa shape index (κ3) is 3.19. The van der Waals surface area contributed by atoms with Gasteiger partial charge in [-0.05, 0) is 43.7 Å². The van der Waals surface area contributed by atoms with Crippen molar-refractivity contribution >= 4 is 5.82 Å². The summed E-state index contributed by atoms with van der Waals surface area (Å²) in [6, 6.07) is 4.27. The van der Waals surface area contributed by atoms with Gasteiger partial charge in [-0.3, -0.25) is 0 Å². The molecule has 0 bridgehead atoms. The first kappa shape index (κ1) is 12.4. The lowest BCUT2D eigenvalue weighted by atomic mass is 10.0. The van der Waals surface area contributed by atoms with E-state index >= 15 is 0 Å². The Labute approximate surface area is 104 Å². The van der Waals surface area contributed by atoms with Crippen LogP contribution in [-0.4, -0.2) is 18.1 Å². The average molecular weight is 233 g/mol. The van der Waals surface area contributed by atoms with Gasteiger partial charge in [-0.15, -0.1) is 0 Å². The van der Waals surface area contributed by atoms with E-state index in [1.807, 2.05) is 13.1 Å². The summed E-state index contributed by atoms with van der Waals surface area (Å²) in [7, 11) is 0. The van der Waals surface area contributed by atoms with Crippen LogP contribution >= 0.6 is 0 Å². The maximum Gasteiger partial charge on any atom is 0.128 e. The van der Waals surface area contributed by atoms with E-state index in [-0.39, 0.29) is 6.04 Å². The fourth-order valence-corrected chi connectivity index (χ4v) is 2.35. The van der Waals surface area contributed by atoms with Crippen molar-refractivity contribution in [2.75, 3.05) is 18.0 Å². The Morgan fingerprint density at radius 1 is 1.35 bits per heavy atom. The van der Waals surface area contributed by atoms with Crippen molar-refractivity contribution in [2.24, 2.45) is 11.7 Å². The molecule has 3 nitrogen and oxygen atoms in total. The largest absolute Gasteiger partial charge is 0.357 e. The lowest BCUT2D eigenvalue weighted by molar-refractivity contribution is 0.521. The van der Waals surface area contributed by atoms with E-state index in [0.717, 1.165) is 30.4 Å². The molecule has 17 heavy (non-hydrogen) atoms. The highest BCUT2D eigenvalue weighted by molar-refractivity contribution is 5.39. The second-order valence-corrected chi connectivity index (χ2v) is 5.26. The summed E-state index contributed by atoms with van der Waals surface area (Å²) in [4.78, 5) is 6.93. The Balaban J connectivity index is 2.06. The molecule has 0 amide bonds. The van der Waals surface area contributed by atoms with Crippen LogP contribution in [0.2, 0.25) is 0 Å². The molecule has 0 spiro atoms. The van der Waals surface area contributed by atoms with Crippen LogP contribution in [0.1, 0.15) is 44.7 Å². The van der Waals surface area contributed by atoms with Crippen LogP contribution in [0, 0.1) is 5.92 Å². The highest BCUT2D eigenvalue weighted by Crippen LogP contribution is 2.21. The Bertz CT molecular complexity index is 345. The number of aromatic nitrogens is 1. The number of nitrogens with zero attached hydrogens (tertiary/aromatic N) is 2. The first-order chi connectivity index (χ1) is 8.16. The SMILES string of the molecule is CC1CCCN(c2ccc([C@H](C)N)cn2)CC1. The number of rotatable bonds is 2. The monoisotopic (exact) mass is 233 g/mol. The Hall–Kier alpha value is -1.09. The van der Waals surface area contributed by atoms with E-state index in [2.05, 4.69) is 28.9 Å². The molecule has 2 rings (SSSR count). The molecule has 0 saturated carbocycles. The van der Waals surface area contributed by atoms with Gasteiger partial charge in [0.05, 0.1) is 0 Å². The standard InChI is InChI=1S/C14H23N3/c1-11-4-3-8-17(9-7-11)14-6-5-13(10-16-14)12(2)15/h5-6,10-12H,3-4,7-9,15H2,1-2H3/t11?,12-/m0/s1. The van der Waals surface area contributed by atoms with Gasteiger partial charge in [-0.25, -0.2) is 4.98 Å². The summed E-state index contributed by atoms with van der Waals surface area (Å²) in [5, 5.41) is 0. The summed E-state index contributed by atoms with van der Waals surface area (Å²) in [6.07, 6.45) is 5.80. The van der Waals surface area contributed by atoms with Crippen molar-refractivity contribution in [3.63, 3.8) is 0 Å². The maximum absolute atomic E-state index is 5.83. The molecule has 2 N–H and O–H groups in total. The fraction of sp³-hybridized carbons (Fsp3) is 0.643. The normalized spacial score (nSPS) is 23.2. The zero-order valence-electron chi connectivity index (χ0n) is 10.9. The predicted octanol–water partition coefficient (Wildman–Crippen LogP) is 2.73. The first-order valence-electron chi connectivity index (χ1n) is 6.63. The molecule has 1 unspecified atom stereocenters. The quantitative estimate of drug-likeness (QED) is 0.854. The van der Waals surface area contributed by atoms with Gasteiger partial charge in [0, 0.05) is 25.3 Å². The number of anilines is 1. The van der Waals surface area contributed by atoms with Crippen LogP contribution in [-0.2, 0) is 0 Å². The fourth-order valence-electron chi connectivity index (χ4n) is 2.35. The molecule has 0 aromatic carbocycles. The van der Waals surface area contributed by atoms with Crippen LogP contribution in [0.5, 0.6) is 0 Å². The highest BCUT2D eigenvalue weighted by atomic mass is 15.2. The summed E-state index contributed by atoms with van der Waals surface area (Å²) < 4.78 is 0. The van der Waals surface area contributed by atoms with Gasteiger partial charge in [0.25, 0.3) is 0 Å². The second-order valence-electron chi connectivity index (χ2n) is 5.26. The molecule has 1 aliphatic heterocycles. The predicted molar refractivity (Wildman–Crippen MR) is 72.1 cm³/mol. The Morgan fingerprint density at radius 3 is 2.82 bits per heavy atom. The van der Waals surface area contributed by atoms with Gasteiger partial charge >= 0.3 is 0 Å². The van der Waals surface area contributed by atoms with Crippen molar-refractivity contribution < 1.29 is 0 Å². The Morgan fingerprint density at radius 2 is 2.18 bits per heavy atom. The van der Waals surface area contributed by atoms with E-state index in [1.54, 1.807) is 0 Å². The molecule has 1 aliphatic rings. The van der Waals surface area contributed by atoms with Crippen molar-refractivity contribution in [3.05, 3.63) is 23.9 Å². The third-order valence-electron chi connectivity index (χ3n) is 3.64. The number of pyridine rings is 1. The molecule has 1 saturated heterocycles. The number of hydrogen-bond acceptors (Lipinski definition) is 3. The maximum atomic E-state index is 5.83. The Kier molecular flexibility index (Phi) is 4.00. The van der Waals surface area contributed by atoms with Crippen molar-refractivity contribution in [2.45, 2.75) is 39.2 Å². The average Bonchev–Trinajstić information content (AvgIpc) is 2.54. The third-order valence-corrected chi connectivity index (χ3v) is 3.64. The van der Waals surface area contributed by atoms with Crippen molar-refractivity contribution in [1.29, 1.82) is 0 Å². The topological polar surface area (TPSA) is 42.1 Å². The molecule has 3 heteroatoms. The molecule has 0 radical (unpaired) electrons. The molecule has 1 aromatic rings. The van der Waals surface area contributed by atoms with Crippen LogP contribution in [0.15, 0.2) is 18.3 Å². The summed E-state index contributed by atoms with van der Waals surface area (Å²) in [5.41, 5.74) is 6.94. The number of nitrogens with two attached hydrogens (primary N) is 1. The molecule has 94 valence electrons. The van der Waals surface area contributed by atoms with Crippen molar-refractivity contribution in [1.82, 2.24) is 4.98 Å². The van der Waals surface area contributed by atoms with Gasteiger partial charge in [0.15, 0.2) is 0 Å². The van der Waals surface area contributed by atoms with Gasteiger partial charge < -0.3 is 10.6 Å². The molecule has 2 heterocycles. The van der Waals surface area contributed by atoms with Gasteiger partial charge in [0.1, 0.15) is 5.82 Å². The van der Waals surface area contributed by atoms with E-state index in [1.165, 1.54) is 19.3 Å². The van der Waals surface area contributed by atoms with Crippen LogP contribution in [0.25, 0.3) is 0 Å². The van der Waals surface area contributed by atoms with Crippen LogP contribution in [0.3, 0.4) is 0 Å². The zero-order valence-corrected chi connectivity index (χ0v) is 10.9. The summed E-state index contributed by atoms with van der Waals surface area (Å²) in [6.45, 7) is 6.60. The molecule has 1 fully saturated rings. The minimum atomic E-state index is 0.0701. The van der Waals surface area contributed by atoms with E-state index in [4.69, 9.17) is 5.73 Å². The van der Waals surface area contributed by atoms with Gasteiger partial charge in [0.2, 0.25) is 0 Å². The zero-order chi connectivity index (χ0) is 12.3. The first-order valence-corrected chi connectivity index (χ1v) is 6.63. The molecule has 2 atom stereocenters. The lowest BCUT2D eigenvalue weighted by Crippen LogP contribution is -2.25. The molecular weight excluding hydrogens is 210 g/mol. The minimum Gasteiger partial charge on any atom is -0.357 e. The van der Waals surface area contributed by atoms with Crippen LogP contribution in [0.4, 0.5) is 5.82 Å². The summed E-state index contributed by atoms with van der Waals surface area (Å²) in [5.74, 6) is 1.95. The smallest absolute Gasteiger partial charge is 0.128 e. The van der Waals surface area contributed by atoms with Gasteiger partial charge in [-0.1, -0.05) is 13.0 Å². The van der Waals surface area contributed by atoms with E-state index in [0.29, 0.717) is 0 Å². The minimum absolute atomic E-state index is 0.0701. The van der Waals surface area contributed by atoms with E-state index in [9.17, 15) is 0 Å². The highest BCUT2D eigenvalue weighted by Gasteiger charge is 2.14. The molecule has 0 aliphatic carbocycles. The lowest BCUT2D eigenvalue weighted by Gasteiger charge is -2.21. The number of hydrogen-bond donors (Lipinski definition) is 1. The van der Waals surface area contributed by atoms with Crippen molar-refractivity contribution in [3.8, 4) is 0 Å².